The van der Waals surface area contributed by atoms with E-state index in [4.69, 9.17) is 0 Å². The number of carbonyl (C=O) groups is 1. The summed E-state index contributed by atoms with van der Waals surface area (Å²) in [6.45, 7) is 12.0. The van der Waals surface area contributed by atoms with Crippen LogP contribution >= 0.6 is 0 Å². The van der Waals surface area contributed by atoms with E-state index in [9.17, 15) is 9.90 Å². The summed E-state index contributed by atoms with van der Waals surface area (Å²) in [7, 11) is -5.00. The molecule has 0 bridgehead atoms. The molecule has 1 aliphatic rings. The number of rotatable bonds is 7. The van der Waals surface area contributed by atoms with Crippen LogP contribution in [-0.4, -0.2) is 29.6 Å². The second kappa shape index (κ2) is 14.6. The largest absolute Gasteiger partial charge is 0.512 e. The number of halogens is 2. The van der Waals surface area contributed by atoms with Gasteiger partial charge in [0.25, 0.3) is 0 Å². The number of aliphatic hydroxyl groups is 1. The molecule has 1 N–H and O–H groups in total. The Bertz CT molecular complexity index is 2240. The van der Waals surface area contributed by atoms with Crippen molar-refractivity contribution < 1.29 is 38.2 Å². The van der Waals surface area contributed by atoms with Crippen LogP contribution < -0.4 is 10.4 Å². The molecular formula is C41H41F2IrN2O2Si-. The molecule has 1 radical (unpaired) electrons. The smallest absolute Gasteiger partial charge is 0.451 e. The van der Waals surface area contributed by atoms with Gasteiger partial charge in [-0.05, 0) is 89.8 Å². The van der Waals surface area contributed by atoms with Gasteiger partial charge in [0.2, 0.25) is 0 Å². The predicted octanol–water partition coefficient (Wildman–Crippen LogP) is 9.85. The number of fused-ring (bicyclic) bond motifs is 7. The molecule has 0 aliphatic carbocycles. The summed E-state index contributed by atoms with van der Waals surface area (Å²) in [5.74, 6) is 0.547. The number of ketones is 1. The first-order valence-corrected chi connectivity index (χ1v) is 18.7. The SMILES string of the molecule is CCC(CC)C(=O)/C=C(\O)C(CC)CC.Cc1cc2c(ccc3c4ccnc5c4c(cc23)[Si](F)(F)c2cc3ccccc3[c-]c2-5)c(C)n1.[Ir]. The van der Waals surface area contributed by atoms with E-state index >= 15 is 8.22 Å². The molecule has 4 nitrogen and oxygen atoms in total. The van der Waals surface area contributed by atoms with Crippen LogP contribution in [0.25, 0.3) is 54.3 Å². The van der Waals surface area contributed by atoms with Crippen molar-refractivity contribution in [2.75, 3.05) is 0 Å². The Morgan fingerprint density at radius 2 is 1.49 bits per heavy atom. The quantitative estimate of drug-likeness (QED) is 0.0434. The summed E-state index contributed by atoms with van der Waals surface area (Å²) >= 11 is 0. The van der Waals surface area contributed by atoms with E-state index in [1.807, 2.05) is 90.1 Å². The third-order valence-corrected chi connectivity index (χ3v) is 12.1. The molecule has 0 amide bonds. The molecule has 0 saturated heterocycles. The van der Waals surface area contributed by atoms with Crippen LogP contribution in [0.1, 0.15) is 64.8 Å². The third-order valence-electron chi connectivity index (χ3n) is 9.96. The number of aryl methyl sites for hydroxylation is 2. The van der Waals surface area contributed by atoms with Crippen molar-refractivity contribution >= 4 is 68.0 Å². The van der Waals surface area contributed by atoms with E-state index in [-0.39, 0.29) is 53.9 Å². The molecule has 0 fully saturated rings. The molecule has 49 heavy (non-hydrogen) atoms. The molecule has 2 aromatic heterocycles. The van der Waals surface area contributed by atoms with Crippen molar-refractivity contribution in [1.29, 1.82) is 0 Å². The predicted molar refractivity (Wildman–Crippen MR) is 197 cm³/mol. The van der Waals surface area contributed by atoms with Crippen LogP contribution in [-0.2, 0) is 24.9 Å². The van der Waals surface area contributed by atoms with Crippen LogP contribution in [0.2, 0.25) is 0 Å². The Labute approximate surface area is 301 Å². The maximum Gasteiger partial charge on any atom is 0.451 e. The normalized spacial score (nSPS) is 13.5. The Morgan fingerprint density at radius 1 is 0.837 bits per heavy atom. The topological polar surface area (TPSA) is 63.1 Å². The second-order valence-electron chi connectivity index (χ2n) is 12.8. The summed E-state index contributed by atoms with van der Waals surface area (Å²) in [4.78, 5) is 20.9. The summed E-state index contributed by atoms with van der Waals surface area (Å²) in [6, 6.07) is 22.2. The minimum Gasteiger partial charge on any atom is -0.512 e. The van der Waals surface area contributed by atoms with Crippen molar-refractivity contribution in [2.24, 2.45) is 11.8 Å². The molecule has 6 aromatic rings. The molecule has 0 atom stereocenters. The number of hydrogen-bond donors (Lipinski definition) is 1. The first-order valence-electron chi connectivity index (χ1n) is 16.9. The Kier molecular flexibility index (Phi) is 10.8. The molecule has 1 aliphatic heterocycles. The molecule has 3 heterocycles. The van der Waals surface area contributed by atoms with E-state index in [1.165, 1.54) is 6.08 Å². The van der Waals surface area contributed by atoms with Crippen LogP contribution in [0.15, 0.2) is 78.7 Å². The van der Waals surface area contributed by atoms with Gasteiger partial charge in [0.1, 0.15) is 0 Å². The van der Waals surface area contributed by atoms with Crippen molar-refractivity contribution in [1.82, 2.24) is 9.97 Å². The average Bonchev–Trinajstić information content (AvgIpc) is 3.07. The maximum absolute atomic E-state index is 16.3. The molecule has 0 saturated carbocycles. The zero-order chi connectivity index (χ0) is 34.3. The van der Waals surface area contributed by atoms with Gasteiger partial charge in [0, 0.05) is 71.9 Å². The van der Waals surface area contributed by atoms with E-state index < -0.39 is 8.74 Å². The van der Waals surface area contributed by atoms with E-state index in [0.29, 0.717) is 16.6 Å². The van der Waals surface area contributed by atoms with Gasteiger partial charge in [-0.25, -0.2) is 0 Å². The van der Waals surface area contributed by atoms with Crippen molar-refractivity contribution in [2.45, 2.75) is 67.2 Å². The zero-order valence-corrected chi connectivity index (χ0v) is 32.1. The van der Waals surface area contributed by atoms with E-state index in [1.54, 1.807) is 18.3 Å². The van der Waals surface area contributed by atoms with Gasteiger partial charge >= 0.3 is 8.74 Å². The van der Waals surface area contributed by atoms with Gasteiger partial charge in [-0.3, -0.25) is 23.0 Å². The fourth-order valence-corrected chi connectivity index (χ4v) is 9.22. The number of carbonyl (C=O) groups excluding carboxylic acids is 1. The first kappa shape index (κ1) is 36.4. The fourth-order valence-electron chi connectivity index (χ4n) is 7.20. The molecule has 0 spiro atoms. The molecule has 255 valence electrons. The average molecular weight is 852 g/mol. The summed E-state index contributed by atoms with van der Waals surface area (Å²) in [5.41, 5.74) is 2.84. The zero-order valence-electron chi connectivity index (χ0n) is 28.8. The molecular weight excluding hydrogens is 811 g/mol. The summed E-state index contributed by atoms with van der Waals surface area (Å²) in [5, 5.41) is 16.8. The maximum atomic E-state index is 16.3. The van der Waals surface area contributed by atoms with Crippen LogP contribution in [0.4, 0.5) is 8.22 Å². The van der Waals surface area contributed by atoms with Crippen LogP contribution in [0.5, 0.6) is 0 Å². The fraction of sp³-hybridized carbons (Fsp3) is 0.293. The first-order chi connectivity index (χ1) is 23.0. The summed E-state index contributed by atoms with van der Waals surface area (Å²) in [6.07, 6.45) is 6.63. The number of aromatic nitrogens is 2. The summed E-state index contributed by atoms with van der Waals surface area (Å²) < 4.78 is 32.7. The van der Waals surface area contributed by atoms with Crippen molar-refractivity contribution in [3.05, 3.63) is 96.1 Å². The van der Waals surface area contributed by atoms with E-state index in [0.717, 1.165) is 74.8 Å². The van der Waals surface area contributed by atoms with Gasteiger partial charge < -0.3 is 5.11 Å². The van der Waals surface area contributed by atoms with E-state index in [2.05, 4.69) is 16.0 Å². The van der Waals surface area contributed by atoms with Gasteiger partial charge in [-0.15, -0.1) is 23.6 Å². The number of allylic oxidation sites excluding steroid dienone is 2. The van der Waals surface area contributed by atoms with Crippen LogP contribution in [0, 0.1) is 31.7 Å². The minimum atomic E-state index is -5.00. The number of pyridine rings is 2. The van der Waals surface area contributed by atoms with Gasteiger partial charge in [0.05, 0.1) is 5.76 Å². The Morgan fingerprint density at radius 3 is 2.18 bits per heavy atom. The number of aliphatic hydroxyl groups excluding tert-OH is 1. The van der Waals surface area contributed by atoms with Crippen LogP contribution in [0.3, 0.4) is 0 Å². The van der Waals surface area contributed by atoms with Gasteiger partial charge in [-0.1, -0.05) is 69.0 Å². The van der Waals surface area contributed by atoms with Gasteiger partial charge in [-0.2, -0.15) is 0 Å². The Hall–Kier alpha value is -3.84. The number of benzene rings is 4. The second-order valence-corrected chi connectivity index (χ2v) is 15.1. The molecule has 0 unspecified atom stereocenters. The number of hydrogen-bond acceptors (Lipinski definition) is 4. The third kappa shape index (κ3) is 6.47. The standard InChI is InChI=1S/C28H17F2N2Si.C13H24O2.Ir/c1-15-11-22-19(16(2)32-15)7-8-20-21-9-10-31-28-24-12-17-5-3-4-6-18(17)13-25(24)33(29,30)26(27(21)28)14-23(20)22;1-5-10(6-2)12(14)9-13(15)11(7-3)8-4;/h3-11,13-14H,1-2H3;9-11,14H,5-8H2,1-4H3;/q-1;;/b;12-9-;. The van der Waals surface area contributed by atoms with Crippen molar-refractivity contribution in [3.8, 4) is 11.3 Å². The molecule has 7 rings (SSSR count). The minimum absolute atomic E-state index is 0. The number of nitrogens with zero attached hydrogens (tertiary/aromatic N) is 2. The van der Waals surface area contributed by atoms with Crippen molar-refractivity contribution in [3.63, 3.8) is 0 Å². The monoisotopic (exact) mass is 852 g/mol. The molecule has 8 heteroatoms. The Balaban J connectivity index is 0.000000252. The molecule has 4 aromatic carbocycles. The van der Waals surface area contributed by atoms with Gasteiger partial charge in [0.15, 0.2) is 5.78 Å².